The number of amides is 1. The molecule has 1 heterocycles. The fourth-order valence-corrected chi connectivity index (χ4v) is 1.91. The van der Waals surface area contributed by atoms with Gasteiger partial charge in [-0.1, -0.05) is 13.0 Å². The molecule has 16 heavy (non-hydrogen) atoms. The zero-order chi connectivity index (χ0) is 12.1. The molecule has 0 aromatic heterocycles. The molecule has 1 aliphatic heterocycles. The van der Waals surface area contributed by atoms with Crippen molar-refractivity contribution in [2.75, 3.05) is 19.6 Å². The highest BCUT2D eigenvalue weighted by Gasteiger charge is 2.32. The quantitative estimate of drug-likeness (QED) is 0.652. The van der Waals surface area contributed by atoms with Crippen LogP contribution in [0.1, 0.15) is 13.3 Å². The predicted octanol–water partition coefficient (Wildman–Crippen LogP) is 0.0836. The Labute approximate surface area is 95.1 Å². The summed E-state index contributed by atoms with van der Waals surface area (Å²) in [6.07, 6.45) is 2.49. The maximum Gasteiger partial charge on any atom is 0.323 e. The van der Waals surface area contributed by atoms with Crippen molar-refractivity contribution in [1.82, 2.24) is 10.2 Å². The largest absolute Gasteiger partial charge is 0.480 e. The lowest BCUT2D eigenvalue weighted by molar-refractivity contribution is -0.145. The van der Waals surface area contributed by atoms with Gasteiger partial charge in [-0.2, -0.15) is 0 Å². The van der Waals surface area contributed by atoms with Crippen LogP contribution in [0.3, 0.4) is 0 Å². The minimum Gasteiger partial charge on any atom is -0.480 e. The van der Waals surface area contributed by atoms with Crippen LogP contribution in [0.4, 0.5) is 0 Å². The Morgan fingerprint density at radius 2 is 2.31 bits per heavy atom. The van der Waals surface area contributed by atoms with Gasteiger partial charge in [0.1, 0.15) is 6.54 Å². The summed E-state index contributed by atoms with van der Waals surface area (Å²) >= 11 is 0. The van der Waals surface area contributed by atoms with Crippen molar-refractivity contribution in [3.63, 3.8) is 0 Å². The van der Waals surface area contributed by atoms with Gasteiger partial charge in [0.2, 0.25) is 5.91 Å². The van der Waals surface area contributed by atoms with Crippen LogP contribution in [-0.2, 0) is 9.59 Å². The van der Waals surface area contributed by atoms with Gasteiger partial charge in [-0.25, -0.2) is 0 Å². The molecule has 5 heteroatoms. The highest BCUT2D eigenvalue weighted by atomic mass is 16.4. The lowest BCUT2D eigenvalue weighted by Gasteiger charge is -2.24. The fourth-order valence-electron chi connectivity index (χ4n) is 1.91. The van der Waals surface area contributed by atoms with Crippen molar-refractivity contribution >= 4 is 11.9 Å². The normalized spacial score (nSPS) is 24.1. The van der Waals surface area contributed by atoms with E-state index in [9.17, 15) is 9.59 Å². The van der Waals surface area contributed by atoms with Gasteiger partial charge < -0.3 is 15.3 Å². The molecule has 1 amide bonds. The molecule has 0 bridgehead atoms. The molecule has 0 aromatic rings. The van der Waals surface area contributed by atoms with Crippen LogP contribution >= 0.6 is 0 Å². The average Bonchev–Trinajstić information content (AvgIpc) is 2.62. The van der Waals surface area contributed by atoms with Gasteiger partial charge in [-0.15, -0.1) is 6.58 Å². The van der Waals surface area contributed by atoms with Crippen LogP contribution < -0.4 is 5.32 Å². The fraction of sp³-hybridized carbons (Fsp3) is 0.636. The smallest absolute Gasteiger partial charge is 0.323 e. The van der Waals surface area contributed by atoms with Crippen LogP contribution in [0.15, 0.2) is 12.7 Å². The topological polar surface area (TPSA) is 69.6 Å². The molecule has 0 radical (unpaired) electrons. The summed E-state index contributed by atoms with van der Waals surface area (Å²) in [5.41, 5.74) is 0. The van der Waals surface area contributed by atoms with Gasteiger partial charge >= 0.3 is 5.97 Å². The number of hydrogen-bond donors (Lipinski definition) is 2. The lowest BCUT2D eigenvalue weighted by atomic mass is 10.0. The van der Waals surface area contributed by atoms with E-state index in [1.54, 1.807) is 6.08 Å². The Morgan fingerprint density at radius 1 is 1.62 bits per heavy atom. The van der Waals surface area contributed by atoms with Crippen LogP contribution in [0.5, 0.6) is 0 Å². The second-order valence-electron chi connectivity index (χ2n) is 4.10. The van der Waals surface area contributed by atoms with Crippen molar-refractivity contribution in [1.29, 1.82) is 0 Å². The van der Waals surface area contributed by atoms with Gasteiger partial charge in [0, 0.05) is 6.54 Å². The number of rotatable bonds is 5. The number of nitrogens with zero attached hydrogens (tertiary/aromatic N) is 1. The maximum absolute atomic E-state index is 12.0. The molecule has 1 rings (SSSR count). The molecule has 1 fully saturated rings. The average molecular weight is 226 g/mol. The number of carboxylic acids is 1. The first-order valence-corrected chi connectivity index (χ1v) is 5.41. The van der Waals surface area contributed by atoms with Crippen molar-refractivity contribution < 1.29 is 14.7 Å². The lowest BCUT2D eigenvalue weighted by Crippen LogP contribution is -2.47. The highest BCUT2D eigenvalue weighted by molar-refractivity contribution is 5.86. The third-order valence-corrected chi connectivity index (χ3v) is 2.79. The Balaban J connectivity index is 2.65. The van der Waals surface area contributed by atoms with Crippen LogP contribution in [-0.4, -0.2) is 47.6 Å². The van der Waals surface area contributed by atoms with Crippen LogP contribution in [0, 0.1) is 5.92 Å². The predicted molar refractivity (Wildman–Crippen MR) is 60.0 cm³/mol. The van der Waals surface area contributed by atoms with E-state index in [1.807, 2.05) is 6.92 Å². The van der Waals surface area contributed by atoms with Gasteiger partial charge in [-0.3, -0.25) is 9.59 Å². The molecule has 90 valence electrons. The van der Waals surface area contributed by atoms with Crippen molar-refractivity contribution in [3.05, 3.63) is 12.7 Å². The van der Waals surface area contributed by atoms with E-state index in [2.05, 4.69) is 11.9 Å². The van der Waals surface area contributed by atoms with Crippen molar-refractivity contribution in [2.45, 2.75) is 19.4 Å². The Bertz CT molecular complexity index is 291. The van der Waals surface area contributed by atoms with Gasteiger partial charge in [0.05, 0.1) is 6.04 Å². The van der Waals surface area contributed by atoms with Crippen LogP contribution in [0.2, 0.25) is 0 Å². The van der Waals surface area contributed by atoms with Crippen molar-refractivity contribution in [3.8, 4) is 0 Å². The van der Waals surface area contributed by atoms with E-state index in [0.29, 0.717) is 0 Å². The number of aliphatic carboxylic acids is 1. The highest BCUT2D eigenvalue weighted by Crippen LogP contribution is 2.16. The standard InChI is InChI=1S/C11H18N2O3/c1-3-6-13(7-9(14)15)11(16)10-8(2)4-5-12-10/h3,8,10,12H,1,4-7H2,2H3,(H,14,15). The molecule has 1 saturated heterocycles. The van der Waals surface area contributed by atoms with Crippen molar-refractivity contribution in [2.24, 2.45) is 5.92 Å². The molecule has 0 aliphatic carbocycles. The Morgan fingerprint density at radius 3 is 2.75 bits per heavy atom. The van der Waals surface area contributed by atoms with Gasteiger partial charge in [0.25, 0.3) is 0 Å². The zero-order valence-electron chi connectivity index (χ0n) is 9.48. The number of carboxylic acid groups (broad SMARTS) is 1. The number of carbonyl (C=O) groups excluding carboxylic acids is 1. The number of hydrogen-bond acceptors (Lipinski definition) is 3. The third-order valence-electron chi connectivity index (χ3n) is 2.79. The molecule has 2 unspecified atom stereocenters. The van der Waals surface area contributed by atoms with Crippen LogP contribution in [0.25, 0.3) is 0 Å². The van der Waals surface area contributed by atoms with E-state index in [4.69, 9.17) is 5.11 Å². The second-order valence-corrected chi connectivity index (χ2v) is 4.10. The van der Waals surface area contributed by atoms with E-state index in [1.165, 1.54) is 4.90 Å². The van der Waals surface area contributed by atoms with E-state index in [-0.39, 0.29) is 31.0 Å². The minimum absolute atomic E-state index is 0.146. The molecule has 5 nitrogen and oxygen atoms in total. The molecular weight excluding hydrogens is 208 g/mol. The number of carbonyl (C=O) groups is 2. The third kappa shape index (κ3) is 3.06. The molecule has 0 spiro atoms. The summed E-state index contributed by atoms with van der Waals surface area (Å²) in [5.74, 6) is -0.887. The summed E-state index contributed by atoms with van der Waals surface area (Å²) < 4.78 is 0. The maximum atomic E-state index is 12.0. The molecule has 2 atom stereocenters. The van der Waals surface area contributed by atoms with Gasteiger partial charge in [0.15, 0.2) is 0 Å². The summed E-state index contributed by atoms with van der Waals surface area (Å²) in [4.78, 5) is 24.0. The monoisotopic (exact) mass is 226 g/mol. The first kappa shape index (κ1) is 12.7. The first-order valence-electron chi connectivity index (χ1n) is 5.41. The van der Waals surface area contributed by atoms with E-state index in [0.717, 1.165) is 13.0 Å². The molecule has 2 N–H and O–H groups in total. The van der Waals surface area contributed by atoms with E-state index >= 15 is 0 Å². The summed E-state index contributed by atoms with van der Waals surface area (Å²) in [6.45, 7) is 6.34. The Hall–Kier alpha value is -1.36. The molecule has 0 aromatic carbocycles. The van der Waals surface area contributed by atoms with E-state index < -0.39 is 5.97 Å². The molecule has 1 aliphatic rings. The Kier molecular flexibility index (Phi) is 4.49. The SMILES string of the molecule is C=CCN(CC(=O)O)C(=O)C1NCCC1C. The molecule has 0 saturated carbocycles. The summed E-state index contributed by atoms with van der Waals surface area (Å²) in [5, 5.41) is 11.8. The summed E-state index contributed by atoms with van der Waals surface area (Å²) in [6, 6.07) is -0.251. The zero-order valence-corrected chi connectivity index (χ0v) is 9.48. The first-order chi connectivity index (χ1) is 7.56. The van der Waals surface area contributed by atoms with Gasteiger partial charge in [-0.05, 0) is 18.9 Å². The second kappa shape index (κ2) is 5.65. The summed E-state index contributed by atoms with van der Waals surface area (Å²) in [7, 11) is 0. The minimum atomic E-state index is -0.999. The molecular formula is C11H18N2O3. The number of nitrogens with one attached hydrogen (secondary N) is 1.